The normalized spacial score (nSPS) is 17.8. The van der Waals surface area contributed by atoms with Gasteiger partial charge in [-0.3, -0.25) is 5.43 Å². The molecule has 0 amide bonds. The van der Waals surface area contributed by atoms with Crippen LogP contribution in [0.4, 0.5) is 0 Å². The van der Waals surface area contributed by atoms with Gasteiger partial charge in [0.1, 0.15) is 13.1 Å². The first-order chi connectivity index (χ1) is 11.1. The maximum Gasteiger partial charge on any atom is 0.187 e. The molecule has 0 saturated carbocycles. The van der Waals surface area contributed by atoms with Crippen molar-refractivity contribution in [3.63, 3.8) is 0 Å². The van der Waals surface area contributed by atoms with Crippen LogP contribution in [0.15, 0.2) is 35.4 Å². The quantitative estimate of drug-likeness (QED) is 0.425. The van der Waals surface area contributed by atoms with E-state index in [1.807, 2.05) is 6.07 Å². The minimum atomic E-state index is 0.217. The molecule has 0 radical (unpaired) electrons. The van der Waals surface area contributed by atoms with Gasteiger partial charge in [-0.2, -0.15) is 5.10 Å². The minimum absolute atomic E-state index is 0.217. The molecule has 1 aliphatic rings. The van der Waals surface area contributed by atoms with Crippen molar-refractivity contribution in [1.29, 1.82) is 0 Å². The average Bonchev–Trinajstić information content (AvgIpc) is 2.55. The van der Waals surface area contributed by atoms with E-state index in [1.165, 1.54) is 10.5 Å². The lowest BCUT2D eigenvalue weighted by Gasteiger charge is -2.31. The highest BCUT2D eigenvalue weighted by Gasteiger charge is 2.28. The zero-order valence-electron chi connectivity index (χ0n) is 14.1. The second-order valence-electron chi connectivity index (χ2n) is 6.11. The van der Waals surface area contributed by atoms with Crippen molar-refractivity contribution in [2.45, 2.75) is 32.9 Å². The fourth-order valence-electron chi connectivity index (χ4n) is 2.84. The number of nitrogens with one attached hydrogen (secondary N) is 3. The summed E-state index contributed by atoms with van der Waals surface area (Å²) in [6.45, 7) is 9.73. The first kappa shape index (κ1) is 17.8. The molecule has 1 fully saturated rings. The molecule has 0 bridgehead atoms. The number of morpholine rings is 1. The molecule has 23 heavy (non-hydrogen) atoms. The molecule has 0 spiro atoms. The first-order valence-electron chi connectivity index (χ1n) is 8.16. The zero-order valence-corrected chi connectivity index (χ0v) is 15.0. The van der Waals surface area contributed by atoms with Crippen molar-refractivity contribution < 1.29 is 9.64 Å². The largest absolute Gasteiger partial charge is 0.370 e. The smallest absolute Gasteiger partial charge is 0.187 e. The van der Waals surface area contributed by atoms with Gasteiger partial charge in [0.15, 0.2) is 11.2 Å². The van der Waals surface area contributed by atoms with E-state index in [0.29, 0.717) is 11.2 Å². The maximum atomic E-state index is 5.50. The number of hydrogen-bond acceptors (Lipinski definition) is 3. The predicted octanol–water partition coefficient (Wildman–Crippen LogP) is 0.891. The predicted molar refractivity (Wildman–Crippen MR) is 97.8 cm³/mol. The topological polar surface area (TPSA) is 50.1 Å². The van der Waals surface area contributed by atoms with Gasteiger partial charge in [0.05, 0.1) is 18.9 Å². The molecule has 1 aromatic carbocycles. The lowest BCUT2D eigenvalue weighted by molar-refractivity contribution is -0.928. The number of nitrogens with zero attached hydrogens (tertiary/aromatic N) is 1. The summed E-state index contributed by atoms with van der Waals surface area (Å²) in [6.07, 6.45) is 0. The van der Waals surface area contributed by atoms with Crippen molar-refractivity contribution >= 4 is 23.0 Å². The van der Waals surface area contributed by atoms with Gasteiger partial charge in [0, 0.05) is 11.6 Å². The summed E-state index contributed by atoms with van der Waals surface area (Å²) in [5, 5.41) is 8.23. The molecule has 126 valence electrons. The molecular formula is C17H27N4OS+. The van der Waals surface area contributed by atoms with Crippen LogP contribution in [0.25, 0.3) is 0 Å². The molecule has 3 N–H and O–H groups in total. The van der Waals surface area contributed by atoms with Crippen LogP contribution >= 0.6 is 12.2 Å². The Hall–Kier alpha value is -1.50. The van der Waals surface area contributed by atoms with E-state index in [9.17, 15) is 0 Å². The van der Waals surface area contributed by atoms with Crippen molar-refractivity contribution in [1.82, 2.24) is 10.7 Å². The van der Waals surface area contributed by atoms with Crippen LogP contribution in [0.5, 0.6) is 0 Å². The molecule has 0 aliphatic carbocycles. The molecular weight excluding hydrogens is 308 g/mol. The number of quaternary nitrogens is 1. The average molecular weight is 335 g/mol. The molecule has 1 heterocycles. The SMILES string of the molecule is C/C(=N/NC(=S)NC(C)C)[C@H](c1ccccc1)[NH+]1CCOCC1. The summed E-state index contributed by atoms with van der Waals surface area (Å²) < 4.78 is 5.50. The third-order valence-corrected chi connectivity index (χ3v) is 4.06. The molecule has 5 nitrogen and oxygen atoms in total. The maximum absolute atomic E-state index is 5.50. The Kier molecular flexibility index (Phi) is 6.95. The van der Waals surface area contributed by atoms with E-state index in [-0.39, 0.29) is 6.04 Å². The number of hydrazone groups is 1. The molecule has 1 saturated heterocycles. The van der Waals surface area contributed by atoms with Crippen LogP contribution in [0.2, 0.25) is 0 Å². The number of ether oxygens (including phenoxy) is 1. The Morgan fingerprint density at radius 1 is 1.22 bits per heavy atom. The van der Waals surface area contributed by atoms with Crippen LogP contribution in [-0.4, -0.2) is 43.2 Å². The summed E-state index contributed by atoms with van der Waals surface area (Å²) in [7, 11) is 0. The van der Waals surface area contributed by atoms with Gasteiger partial charge in [-0.25, -0.2) is 0 Å². The van der Waals surface area contributed by atoms with Crippen LogP contribution in [0.1, 0.15) is 32.4 Å². The summed E-state index contributed by atoms with van der Waals surface area (Å²) in [4.78, 5) is 1.48. The van der Waals surface area contributed by atoms with E-state index in [2.05, 4.69) is 60.9 Å². The van der Waals surface area contributed by atoms with E-state index in [1.54, 1.807) is 0 Å². The van der Waals surface area contributed by atoms with E-state index >= 15 is 0 Å². The van der Waals surface area contributed by atoms with Crippen molar-refractivity contribution in [3.05, 3.63) is 35.9 Å². The Morgan fingerprint density at radius 3 is 2.48 bits per heavy atom. The molecule has 1 atom stereocenters. The highest BCUT2D eigenvalue weighted by molar-refractivity contribution is 7.80. The molecule has 1 aliphatic heterocycles. The van der Waals surface area contributed by atoms with Crippen LogP contribution < -0.4 is 15.6 Å². The van der Waals surface area contributed by atoms with E-state index in [0.717, 1.165) is 32.0 Å². The monoisotopic (exact) mass is 335 g/mol. The lowest BCUT2D eigenvalue weighted by Crippen LogP contribution is -3.15. The Bertz CT molecular complexity index is 527. The molecule has 0 aromatic heterocycles. The van der Waals surface area contributed by atoms with Crippen LogP contribution in [0, 0.1) is 0 Å². The van der Waals surface area contributed by atoms with Gasteiger partial charge in [0.2, 0.25) is 0 Å². The third-order valence-electron chi connectivity index (χ3n) is 3.85. The van der Waals surface area contributed by atoms with Gasteiger partial charge in [-0.1, -0.05) is 30.3 Å². The standard InChI is InChI=1S/C17H26N4OS/c1-13(2)18-17(23)20-19-14(3)16(15-7-5-4-6-8-15)21-9-11-22-12-10-21/h4-8,13,16H,9-12H2,1-3H3,(H2,18,20,23)/p+1/b19-14-/t16-/m1/s1. The molecule has 2 rings (SSSR count). The molecule has 1 aromatic rings. The minimum Gasteiger partial charge on any atom is -0.370 e. The number of benzene rings is 1. The Morgan fingerprint density at radius 2 is 1.87 bits per heavy atom. The van der Waals surface area contributed by atoms with E-state index < -0.39 is 0 Å². The second kappa shape index (κ2) is 8.96. The fourth-order valence-corrected chi connectivity index (χ4v) is 3.12. The Balaban J connectivity index is 2.14. The van der Waals surface area contributed by atoms with E-state index in [4.69, 9.17) is 17.0 Å². The summed E-state index contributed by atoms with van der Waals surface area (Å²) in [5.74, 6) is 0. The third kappa shape index (κ3) is 5.57. The summed E-state index contributed by atoms with van der Waals surface area (Å²) >= 11 is 5.25. The fraction of sp³-hybridized carbons (Fsp3) is 0.529. The first-order valence-corrected chi connectivity index (χ1v) is 8.56. The van der Waals surface area contributed by atoms with Crippen LogP contribution in [-0.2, 0) is 4.74 Å². The number of thiocarbonyl (C=S) groups is 1. The Labute approximate surface area is 144 Å². The highest BCUT2D eigenvalue weighted by atomic mass is 32.1. The van der Waals surface area contributed by atoms with Gasteiger partial charge in [-0.05, 0) is 33.0 Å². The summed E-state index contributed by atoms with van der Waals surface area (Å²) in [5.41, 5.74) is 5.27. The van der Waals surface area contributed by atoms with Crippen molar-refractivity contribution in [3.8, 4) is 0 Å². The zero-order chi connectivity index (χ0) is 16.7. The highest BCUT2D eigenvalue weighted by Crippen LogP contribution is 2.11. The lowest BCUT2D eigenvalue weighted by atomic mass is 10.0. The van der Waals surface area contributed by atoms with Crippen molar-refractivity contribution in [2.75, 3.05) is 26.3 Å². The number of hydrogen-bond donors (Lipinski definition) is 3. The number of rotatable bonds is 5. The second-order valence-corrected chi connectivity index (χ2v) is 6.52. The van der Waals surface area contributed by atoms with Gasteiger partial charge < -0.3 is 15.0 Å². The van der Waals surface area contributed by atoms with Gasteiger partial charge >= 0.3 is 0 Å². The molecule has 0 unspecified atom stereocenters. The molecule has 6 heteroatoms. The van der Waals surface area contributed by atoms with Crippen LogP contribution in [0.3, 0.4) is 0 Å². The van der Waals surface area contributed by atoms with Gasteiger partial charge in [-0.15, -0.1) is 0 Å². The summed E-state index contributed by atoms with van der Waals surface area (Å²) in [6, 6.07) is 11.0. The van der Waals surface area contributed by atoms with Gasteiger partial charge in [0.25, 0.3) is 0 Å². The van der Waals surface area contributed by atoms with Crippen molar-refractivity contribution in [2.24, 2.45) is 5.10 Å².